The number of aromatic nitrogens is 1. The maximum absolute atomic E-state index is 13.4. The minimum Gasteiger partial charge on any atom is -0.347 e. The number of rotatable bonds is 6. The number of hydrogen-bond donors (Lipinski definition) is 1. The first-order valence-corrected chi connectivity index (χ1v) is 11.8. The van der Waals surface area contributed by atoms with Gasteiger partial charge in [0.2, 0.25) is 5.91 Å². The van der Waals surface area contributed by atoms with Gasteiger partial charge in [-0.15, -0.1) is 11.3 Å². The molecule has 0 radical (unpaired) electrons. The van der Waals surface area contributed by atoms with Crippen molar-refractivity contribution in [2.75, 3.05) is 0 Å². The summed E-state index contributed by atoms with van der Waals surface area (Å²) in [6.07, 6.45) is 2.92. The number of carbonyl (C=O) groups is 1. The van der Waals surface area contributed by atoms with Gasteiger partial charge >= 0.3 is 0 Å². The first-order chi connectivity index (χ1) is 12.8. The van der Waals surface area contributed by atoms with Gasteiger partial charge < -0.3 is 5.32 Å². The Bertz CT molecular complexity index is 917. The Balaban J connectivity index is 1.89. The first kappa shape index (κ1) is 20.3. The number of aryl methyl sites for hydroxylation is 1. The molecule has 1 saturated carbocycles. The number of nitrogens with one attached hydrogen (secondary N) is 1. The van der Waals surface area contributed by atoms with Crippen molar-refractivity contribution in [3.8, 4) is 0 Å². The molecule has 146 valence electrons. The molecule has 1 aromatic carbocycles. The molecule has 3 rings (SSSR count). The van der Waals surface area contributed by atoms with E-state index >= 15 is 0 Å². The van der Waals surface area contributed by atoms with Crippen molar-refractivity contribution in [2.45, 2.75) is 61.6 Å². The zero-order valence-corrected chi connectivity index (χ0v) is 17.8. The monoisotopic (exact) mass is 426 g/mol. The van der Waals surface area contributed by atoms with Crippen molar-refractivity contribution in [3.63, 3.8) is 0 Å². The lowest BCUT2D eigenvalue weighted by Crippen LogP contribution is -2.51. The fraction of sp³-hybridized carbons (Fsp3) is 0.474. The summed E-state index contributed by atoms with van der Waals surface area (Å²) in [4.78, 5) is 17.8. The van der Waals surface area contributed by atoms with Crippen LogP contribution in [0.2, 0.25) is 5.02 Å². The number of halogens is 1. The Morgan fingerprint density at radius 2 is 1.93 bits per heavy atom. The zero-order chi connectivity index (χ0) is 19.7. The quantitative estimate of drug-likeness (QED) is 0.746. The molecule has 1 aliphatic carbocycles. The molecule has 1 N–H and O–H groups in total. The summed E-state index contributed by atoms with van der Waals surface area (Å²) in [5, 5.41) is 6.28. The number of hydrogen-bond acceptors (Lipinski definition) is 5. The number of carbonyl (C=O) groups excluding carboxylic acids is 1. The number of thiazole rings is 1. The summed E-state index contributed by atoms with van der Waals surface area (Å²) >= 11 is 7.44. The van der Waals surface area contributed by atoms with E-state index in [2.05, 4.69) is 10.3 Å². The third kappa shape index (κ3) is 3.77. The van der Waals surface area contributed by atoms with E-state index in [0.29, 0.717) is 30.7 Å². The highest BCUT2D eigenvalue weighted by Crippen LogP contribution is 2.41. The highest BCUT2D eigenvalue weighted by molar-refractivity contribution is 7.93. The Morgan fingerprint density at radius 3 is 2.48 bits per heavy atom. The molecule has 0 spiro atoms. The molecule has 5 nitrogen and oxygen atoms in total. The number of nitrogens with zero attached hydrogens (tertiary/aromatic N) is 1. The summed E-state index contributed by atoms with van der Waals surface area (Å²) in [7, 11) is -3.83. The second kappa shape index (κ2) is 7.89. The lowest BCUT2D eigenvalue weighted by atomic mass is 10.1. The van der Waals surface area contributed by atoms with Gasteiger partial charge in [-0.05, 0) is 50.5 Å². The fourth-order valence-electron chi connectivity index (χ4n) is 3.49. The van der Waals surface area contributed by atoms with Crippen LogP contribution in [0.1, 0.15) is 56.3 Å². The molecular formula is C19H23ClN2O3S2. The van der Waals surface area contributed by atoms with Crippen molar-refractivity contribution in [1.82, 2.24) is 10.3 Å². The van der Waals surface area contributed by atoms with Crippen LogP contribution in [0.4, 0.5) is 0 Å². The minimum absolute atomic E-state index is 0.138. The third-order valence-corrected chi connectivity index (χ3v) is 8.91. The predicted molar refractivity (Wildman–Crippen MR) is 108 cm³/mol. The lowest BCUT2D eigenvalue weighted by Gasteiger charge is -2.29. The third-order valence-electron chi connectivity index (χ3n) is 5.13. The highest BCUT2D eigenvalue weighted by atomic mass is 35.5. The van der Waals surface area contributed by atoms with Gasteiger partial charge in [-0.25, -0.2) is 13.4 Å². The Morgan fingerprint density at radius 1 is 1.30 bits per heavy atom. The van der Waals surface area contributed by atoms with Gasteiger partial charge in [0.05, 0.1) is 21.6 Å². The molecule has 1 atom stereocenters. The highest BCUT2D eigenvalue weighted by Gasteiger charge is 2.53. The molecule has 0 saturated heterocycles. The van der Waals surface area contributed by atoms with Crippen molar-refractivity contribution in [1.29, 1.82) is 0 Å². The van der Waals surface area contributed by atoms with Gasteiger partial charge in [-0.2, -0.15) is 0 Å². The van der Waals surface area contributed by atoms with E-state index in [1.807, 2.05) is 19.2 Å². The number of benzene rings is 1. The Kier molecular flexibility index (Phi) is 5.93. The van der Waals surface area contributed by atoms with E-state index in [0.717, 1.165) is 17.1 Å². The van der Waals surface area contributed by atoms with E-state index in [9.17, 15) is 13.2 Å². The van der Waals surface area contributed by atoms with Crippen molar-refractivity contribution >= 4 is 38.7 Å². The van der Waals surface area contributed by atoms with Crippen LogP contribution in [0.15, 0.2) is 34.5 Å². The second-order valence-corrected chi connectivity index (χ2v) is 10.5. The second-order valence-electron chi connectivity index (χ2n) is 6.87. The molecule has 1 aromatic heterocycles. The van der Waals surface area contributed by atoms with Gasteiger partial charge in [0.1, 0.15) is 0 Å². The van der Waals surface area contributed by atoms with E-state index < -0.39 is 20.5 Å². The normalized spacial score (nSPS) is 17.6. The van der Waals surface area contributed by atoms with E-state index in [1.165, 1.54) is 12.1 Å². The first-order valence-electron chi connectivity index (χ1n) is 9.05. The SMILES string of the molecule is CCc1nc(C(C)NC(=O)C2(S(=O)(=O)c3ccc(Cl)cc3)CCCC2)cs1. The molecule has 1 fully saturated rings. The molecule has 2 aromatic rings. The smallest absolute Gasteiger partial charge is 0.242 e. The zero-order valence-electron chi connectivity index (χ0n) is 15.4. The van der Waals surface area contributed by atoms with Crippen LogP contribution in [-0.2, 0) is 21.1 Å². The van der Waals surface area contributed by atoms with E-state index in [-0.39, 0.29) is 10.9 Å². The molecule has 1 unspecified atom stereocenters. The standard InChI is InChI=1S/C19H23ClN2O3S2/c1-3-17-22-16(12-26-17)13(2)21-18(23)19(10-4-5-11-19)27(24,25)15-8-6-14(20)7-9-15/h6-9,12-13H,3-5,10-11H2,1-2H3,(H,21,23). The summed E-state index contributed by atoms with van der Waals surface area (Å²) < 4.78 is 25.3. The number of sulfone groups is 1. The largest absolute Gasteiger partial charge is 0.347 e. The summed E-state index contributed by atoms with van der Waals surface area (Å²) in [5.74, 6) is -0.437. The van der Waals surface area contributed by atoms with E-state index in [4.69, 9.17) is 11.6 Å². The summed E-state index contributed by atoms with van der Waals surface area (Å²) in [5.41, 5.74) is 0.766. The van der Waals surface area contributed by atoms with Gasteiger partial charge in [0.15, 0.2) is 14.6 Å². The van der Waals surface area contributed by atoms with Crippen LogP contribution in [0.5, 0.6) is 0 Å². The minimum atomic E-state index is -3.83. The van der Waals surface area contributed by atoms with Crippen LogP contribution in [0.25, 0.3) is 0 Å². The van der Waals surface area contributed by atoms with Gasteiger partial charge in [0, 0.05) is 10.4 Å². The van der Waals surface area contributed by atoms with Crippen LogP contribution < -0.4 is 5.32 Å². The van der Waals surface area contributed by atoms with E-state index in [1.54, 1.807) is 23.5 Å². The maximum Gasteiger partial charge on any atom is 0.242 e. The van der Waals surface area contributed by atoms with Crippen LogP contribution in [0, 0.1) is 0 Å². The molecule has 0 aliphatic heterocycles. The van der Waals surface area contributed by atoms with Crippen molar-refractivity contribution in [2.24, 2.45) is 0 Å². The number of amides is 1. The topological polar surface area (TPSA) is 76.1 Å². The van der Waals surface area contributed by atoms with Gasteiger partial charge in [-0.1, -0.05) is 31.4 Å². The molecule has 0 bridgehead atoms. The summed E-state index contributed by atoms with van der Waals surface area (Å²) in [6, 6.07) is 5.69. The van der Waals surface area contributed by atoms with Crippen molar-refractivity contribution in [3.05, 3.63) is 45.4 Å². The van der Waals surface area contributed by atoms with Gasteiger partial charge in [-0.3, -0.25) is 4.79 Å². The maximum atomic E-state index is 13.4. The summed E-state index contributed by atoms with van der Waals surface area (Å²) in [6.45, 7) is 3.86. The predicted octanol–water partition coefficient (Wildman–Crippen LogP) is 4.32. The fourth-order valence-corrected chi connectivity index (χ4v) is 6.53. The van der Waals surface area contributed by atoms with Crippen LogP contribution >= 0.6 is 22.9 Å². The molecule has 1 aliphatic rings. The molecule has 27 heavy (non-hydrogen) atoms. The van der Waals surface area contributed by atoms with Crippen LogP contribution in [0.3, 0.4) is 0 Å². The molecule has 1 amide bonds. The average Bonchev–Trinajstić information content (AvgIpc) is 3.32. The van der Waals surface area contributed by atoms with Crippen LogP contribution in [-0.4, -0.2) is 24.1 Å². The molecule has 1 heterocycles. The molecule has 8 heteroatoms. The van der Waals surface area contributed by atoms with Gasteiger partial charge in [0.25, 0.3) is 0 Å². The molecular weight excluding hydrogens is 404 g/mol. The average molecular weight is 427 g/mol. The lowest BCUT2D eigenvalue weighted by molar-refractivity contribution is -0.124. The Hall–Kier alpha value is -1.44. The van der Waals surface area contributed by atoms with Crippen molar-refractivity contribution < 1.29 is 13.2 Å². The Labute approximate surface area is 169 Å².